The largest absolute Gasteiger partial charge is 0.332 e. The molecule has 1 N–H and O–H groups in total. The average Bonchev–Trinajstić information content (AvgIpc) is 2.79. The maximum absolute atomic E-state index is 11.9. The number of piperidine rings is 1. The molecule has 0 aliphatic carbocycles. The lowest BCUT2D eigenvalue weighted by atomic mass is 9.78. The second kappa shape index (κ2) is 3.45. The maximum atomic E-state index is 11.9. The fraction of sp³-hybridized carbons (Fsp3) is 0.643. The van der Waals surface area contributed by atoms with E-state index in [1.54, 1.807) is 6.07 Å². The van der Waals surface area contributed by atoms with Crippen LogP contribution in [0.1, 0.15) is 30.9 Å². The summed E-state index contributed by atoms with van der Waals surface area (Å²) in [7, 11) is 0. The summed E-state index contributed by atoms with van der Waals surface area (Å²) in [6.45, 7) is 3.58. The first-order valence-corrected chi connectivity index (χ1v) is 6.87. The third-order valence-corrected chi connectivity index (χ3v) is 5.12. The Hall–Kier alpha value is -1.09. The summed E-state index contributed by atoms with van der Waals surface area (Å²) < 4.78 is 2.05. The van der Waals surface area contributed by atoms with Crippen LogP contribution >= 0.6 is 0 Å². The maximum Gasteiger partial charge on any atom is 0.250 e. The Labute approximate surface area is 101 Å². The highest BCUT2D eigenvalue weighted by Crippen LogP contribution is 2.34. The van der Waals surface area contributed by atoms with Crippen molar-refractivity contribution in [2.24, 2.45) is 5.92 Å². The van der Waals surface area contributed by atoms with E-state index in [-0.39, 0.29) is 5.56 Å². The molecule has 2 saturated heterocycles. The number of nitrogens with one attached hydrogen (secondary N) is 1. The van der Waals surface area contributed by atoms with Crippen molar-refractivity contribution in [1.29, 1.82) is 0 Å². The number of rotatable bonds is 0. The summed E-state index contributed by atoms with van der Waals surface area (Å²) in [6, 6.07) is 6.65. The normalized spacial score (nSPS) is 38.6. The van der Waals surface area contributed by atoms with Gasteiger partial charge in [-0.25, -0.2) is 0 Å². The molecule has 0 aromatic carbocycles. The zero-order valence-electron chi connectivity index (χ0n) is 10.1. The minimum atomic E-state index is 0.207. The SMILES string of the molecule is O=c1cccc2n1C[C@H]1C[C@@H]2C[NH+]2CCC[C@H]12. The van der Waals surface area contributed by atoms with Crippen LogP contribution in [0.4, 0.5) is 0 Å². The minimum absolute atomic E-state index is 0.207. The molecule has 3 aliphatic rings. The molecule has 3 aliphatic heterocycles. The van der Waals surface area contributed by atoms with Crippen LogP contribution in [0.25, 0.3) is 0 Å². The Kier molecular flexibility index (Phi) is 2.01. The number of pyridine rings is 1. The highest BCUT2D eigenvalue weighted by Gasteiger charge is 2.45. The molecule has 2 bridgehead atoms. The van der Waals surface area contributed by atoms with Crippen LogP contribution < -0.4 is 10.5 Å². The molecule has 2 fully saturated rings. The minimum Gasteiger partial charge on any atom is -0.332 e. The average molecular weight is 231 g/mol. The van der Waals surface area contributed by atoms with Crippen molar-refractivity contribution in [2.75, 3.05) is 13.1 Å². The zero-order valence-corrected chi connectivity index (χ0v) is 10.1. The standard InChI is InChI=1S/C14H18N2O/c17-14-5-1-3-13-10-7-11(9-16(13)14)12-4-2-6-15(12)8-10/h1,3,5,10-12H,2,4,6-9H2/p+1/t10-,11-,12-/m1/s1. The lowest BCUT2D eigenvalue weighted by molar-refractivity contribution is -0.924. The van der Waals surface area contributed by atoms with Crippen molar-refractivity contribution >= 4 is 0 Å². The molecule has 3 heteroatoms. The highest BCUT2D eigenvalue weighted by molar-refractivity contribution is 5.16. The molecule has 4 atom stereocenters. The first-order chi connectivity index (χ1) is 8.33. The van der Waals surface area contributed by atoms with Gasteiger partial charge in [0, 0.05) is 43.0 Å². The highest BCUT2D eigenvalue weighted by atomic mass is 16.1. The van der Waals surface area contributed by atoms with E-state index in [1.165, 1.54) is 38.0 Å². The summed E-state index contributed by atoms with van der Waals surface area (Å²) in [5.41, 5.74) is 1.50. The molecule has 0 amide bonds. The Balaban J connectivity index is 1.81. The van der Waals surface area contributed by atoms with Crippen LogP contribution in [0.15, 0.2) is 23.0 Å². The van der Waals surface area contributed by atoms with E-state index < -0.39 is 0 Å². The molecule has 0 saturated carbocycles. The van der Waals surface area contributed by atoms with Gasteiger partial charge < -0.3 is 9.47 Å². The van der Waals surface area contributed by atoms with Crippen LogP contribution in [-0.2, 0) is 6.54 Å². The number of hydrogen-bond acceptors (Lipinski definition) is 1. The van der Waals surface area contributed by atoms with Crippen molar-refractivity contribution in [3.63, 3.8) is 0 Å². The van der Waals surface area contributed by atoms with Crippen molar-refractivity contribution in [3.05, 3.63) is 34.2 Å². The summed E-state index contributed by atoms with van der Waals surface area (Å²) in [5, 5.41) is 0. The van der Waals surface area contributed by atoms with Gasteiger partial charge in [0.2, 0.25) is 0 Å². The molecule has 1 aromatic rings. The van der Waals surface area contributed by atoms with Crippen LogP contribution in [0.5, 0.6) is 0 Å². The summed E-state index contributed by atoms with van der Waals surface area (Å²) >= 11 is 0. The van der Waals surface area contributed by atoms with Gasteiger partial charge in [-0.05, 0) is 12.5 Å². The van der Waals surface area contributed by atoms with E-state index in [0.717, 1.165) is 18.5 Å². The lowest BCUT2D eigenvalue weighted by Crippen LogP contribution is -3.16. The van der Waals surface area contributed by atoms with Gasteiger partial charge >= 0.3 is 0 Å². The fourth-order valence-electron chi connectivity index (χ4n) is 4.44. The van der Waals surface area contributed by atoms with Gasteiger partial charge in [0.1, 0.15) is 0 Å². The fourth-order valence-corrected chi connectivity index (χ4v) is 4.44. The van der Waals surface area contributed by atoms with Gasteiger partial charge in [-0.3, -0.25) is 4.79 Å². The third-order valence-electron chi connectivity index (χ3n) is 5.12. The molecule has 0 radical (unpaired) electrons. The summed E-state index contributed by atoms with van der Waals surface area (Å²) in [6.07, 6.45) is 4.08. The van der Waals surface area contributed by atoms with Crippen molar-refractivity contribution in [1.82, 2.24) is 4.57 Å². The second-order valence-corrected chi connectivity index (χ2v) is 5.95. The smallest absolute Gasteiger partial charge is 0.250 e. The number of aromatic nitrogens is 1. The van der Waals surface area contributed by atoms with Crippen molar-refractivity contribution in [2.45, 2.75) is 37.8 Å². The molecule has 90 valence electrons. The van der Waals surface area contributed by atoms with Gasteiger partial charge in [-0.2, -0.15) is 0 Å². The predicted octanol–water partition coefficient (Wildman–Crippen LogP) is 0.0127. The Morgan fingerprint density at radius 3 is 3.24 bits per heavy atom. The van der Waals surface area contributed by atoms with Crippen LogP contribution in [-0.4, -0.2) is 23.7 Å². The van der Waals surface area contributed by atoms with Gasteiger partial charge in [-0.1, -0.05) is 6.07 Å². The molecule has 3 nitrogen and oxygen atoms in total. The Morgan fingerprint density at radius 2 is 2.29 bits per heavy atom. The van der Waals surface area contributed by atoms with E-state index >= 15 is 0 Å². The van der Waals surface area contributed by atoms with E-state index in [2.05, 4.69) is 6.07 Å². The predicted molar refractivity (Wildman–Crippen MR) is 65.3 cm³/mol. The molecular weight excluding hydrogens is 212 g/mol. The molecule has 17 heavy (non-hydrogen) atoms. The van der Waals surface area contributed by atoms with E-state index in [1.807, 2.05) is 15.5 Å². The molecule has 1 aromatic heterocycles. The van der Waals surface area contributed by atoms with Crippen LogP contribution in [0.3, 0.4) is 0 Å². The quantitative estimate of drug-likeness (QED) is 0.669. The van der Waals surface area contributed by atoms with Gasteiger partial charge in [0.15, 0.2) is 0 Å². The number of fused-ring (bicyclic) bond motifs is 6. The van der Waals surface area contributed by atoms with E-state index in [0.29, 0.717) is 5.92 Å². The third kappa shape index (κ3) is 1.35. The zero-order chi connectivity index (χ0) is 11.4. The first-order valence-electron chi connectivity index (χ1n) is 6.87. The van der Waals surface area contributed by atoms with Crippen LogP contribution in [0, 0.1) is 5.92 Å². The van der Waals surface area contributed by atoms with Gasteiger partial charge in [0.05, 0.1) is 19.1 Å². The van der Waals surface area contributed by atoms with Gasteiger partial charge in [-0.15, -0.1) is 0 Å². The van der Waals surface area contributed by atoms with E-state index in [9.17, 15) is 4.79 Å². The first kappa shape index (κ1) is 9.89. The monoisotopic (exact) mass is 231 g/mol. The van der Waals surface area contributed by atoms with Crippen LogP contribution in [0.2, 0.25) is 0 Å². The molecule has 1 unspecified atom stereocenters. The number of nitrogens with zero attached hydrogens (tertiary/aromatic N) is 1. The Morgan fingerprint density at radius 1 is 1.35 bits per heavy atom. The van der Waals surface area contributed by atoms with Gasteiger partial charge in [0.25, 0.3) is 5.56 Å². The number of hydrogen-bond donors (Lipinski definition) is 1. The van der Waals surface area contributed by atoms with Crippen molar-refractivity contribution in [3.8, 4) is 0 Å². The summed E-state index contributed by atoms with van der Waals surface area (Å²) in [5.74, 6) is 1.38. The molecule has 4 heterocycles. The topological polar surface area (TPSA) is 26.4 Å². The molecular formula is C14H19N2O+. The summed E-state index contributed by atoms with van der Waals surface area (Å²) in [4.78, 5) is 13.8. The molecule has 4 rings (SSSR count). The number of quaternary nitrogens is 1. The Bertz CT molecular complexity index is 507. The molecule has 0 spiro atoms. The van der Waals surface area contributed by atoms with Crippen molar-refractivity contribution < 1.29 is 4.90 Å². The second-order valence-electron chi connectivity index (χ2n) is 5.95. The lowest BCUT2D eigenvalue weighted by Gasteiger charge is -2.43. The van der Waals surface area contributed by atoms with E-state index in [4.69, 9.17) is 0 Å².